The van der Waals surface area contributed by atoms with Crippen LogP contribution >= 0.6 is 35.0 Å². The zero-order valence-corrected chi connectivity index (χ0v) is 18.1. The number of anilines is 1. The van der Waals surface area contributed by atoms with Crippen molar-refractivity contribution in [1.82, 2.24) is 4.90 Å². The molecule has 0 bridgehead atoms. The van der Waals surface area contributed by atoms with Gasteiger partial charge in [-0.15, -0.1) is 0 Å². The van der Waals surface area contributed by atoms with Crippen molar-refractivity contribution < 1.29 is 19.5 Å². The fourth-order valence-corrected chi connectivity index (χ4v) is 4.31. The molecule has 2 aromatic rings. The van der Waals surface area contributed by atoms with Crippen LogP contribution in [-0.2, 0) is 9.59 Å². The monoisotopic (exact) mass is 465 g/mol. The van der Waals surface area contributed by atoms with Crippen LogP contribution in [0.3, 0.4) is 0 Å². The second-order valence-corrected chi connectivity index (χ2v) is 8.30. The molecule has 0 radical (unpaired) electrons. The lowest BCUT2D eigenvalue weighted by Gasteiger charge is -2.13. The second-order valence-electron chi connectivity index (χ2n) is 6.32. The molecular weight excluding hydrogens is 449 g/mol. The number of carboxylic acid groups (broad SMARTS) is 1. The van der Waals surface area contributed by atoms with E-state index >= 15 is 0 Å². The van der Waals surface area contributed by atoms with Crippen LogP contribution in [0.4, 0.5) is 11.4 Å². The number of nitrogens with zero attached hydrogens (tertiary/aromatic N) is 2. The van der Waals surface area contributed by atoms with Crippen molar-refractivity contribution in [2.45, 2.75) is 18.6 Å². The molecule has 1 unspecified atom stereocenters. The molecule has 156 valence electrons. The van der Waals surface area contributed by atoms with E-state index in [9.17, 15) is 14.4 Å². The Hall–Kier alpha value is -2.55. The number of hydrogen-bond donors (Lipinski definition) is 2. The Balaban J connectivity index is 1.72. The maximum Gasteiger partial charge on any atom is 0.335 e. The minimum atomic E-state index is -1.09. The van der Waals surface area contributed by atoms with E-state index in [1.54, 1.807) is 24.3 Å². The molecule has 1 aliphatic rings. The molecule has 30 heavy (non-hydrogen) atoms. The van der Waals surface area contributed by atoms with E-state index in [4.69, 9.17) is 28.3 Å². The Morgan fingerprint density at radius 2 is 1.97 bits per heavy atom. The molecule has 2 aromatic carbocycles. The Morgan fingerprint density at radius 3 is 2.63 bits per heavy atom. The molecule has 0 aromatic heterocycles. The number of rotatable bonds is 6. The van der Waals surface area contributed by atoms with E-state index in [2.05, 4.69) is 10.3 Å². The van der Waals surface area contributed by atoms with Crippen LogP contribution in [0.5, 0.6) is 0 Å². The summed E-state index contributed by atoms with van der Waals surface area (Å²) in [7, 11) is 0. The predicted molar refractivity (Wildman–Crippen MR) is 119 cm³/mol. The maximum absolute atomic E-state index is 12.7. The summed E-state index contributed by atoms with van der Waals surface area (Å²) in [6.45, 7) is 2.23. The Kier molecular flexibility index (Phi) is 7.02. The number of halogens is 2. The zero-order chi connectivity index (χ0) is 21.8. The number of benzene rings is 2. The third-order valence-electron chi connectivity index (χ3n) is 4.23. The topological polar surface area (TPSA) is 99.1 Å². The molecular formula is C20H17Cl2N3O4S. The van der Waals surface area contributed by atoms with Crippen molar-refractivity contribution in [2.24, 2.45) is 4.99 Å². The first-order valence-electron chi connectivity index (χ1n) is 8.93. The highest BCUT2D eigenvalue weighted by atomic mass is 35.5. The first kappa shape index (κ1) is 22.1. The number of hydrogen-bond acceptors (Lipinski definition) is 5. The fraction of sp³-hybridized carbons (Fsp3) is 0.200. The molecule has 0 aliphatic carbocycles. The van der Waals surface area contributed by atoms with Gasteiger partial charge in [-0.1, -0.05) is 41.0 Å². The number of carbonyl (C=O) groups is 3. The maximum atomic E-state index is 12.7. The summed E-state index contributed by atoms with van der Waals surface area (Å²) in [6, 6.07) is 10.8. The highest BCUT2D eigenvalue weighted by molar-refractivity contribution is 8.15. The lowest BCUT2D eigenvalue weighted by Crippen LogP contribution is -2.33. The Labute approximate surface area is 187 Å². The number of carboxylic acids is 1. The van der Waals surface area contributed by atoms with Crippen molar-refractivity contribution in [3.8, 4) is 0 Å². The van der Waals surface area contributed by atoms with Gasteiger partial charge >= 0.3 is 5.97 Å². The third kappa shape index (κ3) is 5.13. The minimum Gasteiger partial charge on any atom is -0.478 e. The molecule has 0 spiro atoms. The molecule has 1 saturated heterocycles. The summed E-state index contributed by atoms with van der Waals surface area (Å²) in [4.78, 5) is 42.2. The second kappa shape index (κ2) is 9.51. The number of carbonyl (C=O) groups excluding carboxylic acids is 2. The largest absolute Gasteiger partial charge is 0.478 e. The molecule has 2 amide bonds. The van der Waals surface area contributed by atoms with E-state index < -0.39 is 17.1 Å². The van der Waals surface area contributed by atoms with Gasteiger partial charge in [-0.3, -0.25) is 14.5 Å². The van der Waals surface area contributed by atoms with Gasteiger partial charge in [0.1, 0.15) is 5.25 Å². The van der Waals surface area contributed by atoms with E-state index in [-0.39, 0.29) is 17.9 Å². The van der Waals surface area contributed by atoms with Gasteiger partial charge in [0.05, 0.1) is 21.3 Å². The lowest BCUT2D eigenvalue weighted by molar-refractivity contribution is -0.128. The van der Waals surface area contributed by atoms with Gasteiger partial charge in [0.15, 0.2) is 5.17 Å². The Bertz CT molecular complexity index is 1040. The molecule has 1 heterocycles. The average molecular weight is 466 g/mol. The van der Waals surface area contributed by atoms with Gasteiger partial charge in [0, 0.05) is 18.7 Å². The SMILES string of the molecule is CCN1C(=O)C(CC(=O)Nc2cccc(C(=O)O)c2)SC1=Nc1ccc(Cl)c(Cl)c1. The first-order chi connectivity index (χ1) is 14.3. The highest BCUT2D eigenvalue weighted by Gasteiger charge is 2.38. The van der Waals surface area contributed by atoms with Gasteiger partial charge in [0.2, 0.25) is 11.8 Å². The summed E-state index contributed by atoms with van der Waals surface area (Å²) in [5, 5.41) is 12.3. The fourth-order valence-electron chi connectivity index (χ4n) is 2.79. The normalized spacial score (nSPS) is 17.4. The Morgan fingerprint density at radius 1 is 1.20 bits per heavy atom. The molecule has 1 atom stereocenters. The number of amides is 2. The summed E-state index contributed by atoms with van der Waals surface area (Å²) in [6.07, 6.45) is -0.0717. The van der Waals surface area contributed by atoms with Crippen molar-refractivity contribution in [3.05, 3.63) is 58.1 Å². The number of aromatic carboxylic acids is 1. The third-order valence-corrected chi connectivity index (χ3v) is 6.14. The summed E-state index contributed by atoms with van der Waals surface area (Å²) in [5.41, 5.74) is 0.966. The number of aliphatic imine (C=N–C) groups is 1. The van der Waals surface area contributed by atoms with Crippen LogP contribution < -0.4 is 5.32 Å². The van der Waals surface area contributed by atoms with Crippen LogP contribution in [-0.4, -0.2) is 44.8 Å². The molecule has 1 fully saturated rings. The quantitative estimate of drug-likeness (QED) is 0.645. The summed E-state index contributed by atoms with van der Waals surface area (Å²) in [5.74, 6) is -1.69. The molecule has 1 aliphatic heterocycles. The van der Waals surface area contributed by atoms with Crippen molar-refractivity contribution in [3.63, 3.8) is 0 Å². The van der Waals surface area contributed by atoms with Gasteiger partial charge in [-0.2, -0.15) is 0 Å². The van der Waals surface area contributed by atoms with Crippen molar-refractivity contribution >= 4 is 69.3 Å². The standard InChI is InChI=1S/C20H17Cl2N3O4S/c1-2-25-18(27)16(30-20(25)24-13-6-7-14(21)15(22)9-13)10-17(26)23-12-5-3-4-11(8-12)19(28)29/h3-9,16H,2,10H2,1H3,(H,23,26)(H,28,29). The van der Waals surface area contributed by atoms with Gasteiger partial charge in [-0.05, 0) is 43.3 Å². The highest BCUT2D eigenvalue weighted by Crippen LogP contribution is 2.33. The van der Waals surface area contributed by atoms with Crippen LogP contribution in [0.25, 0.3) is 0 Å². The molecule has 10 heteroatoms. The molecule has 3 rings (SSSR count). The average Bonchev–Trinajstić information content (AvgIpc) is 2.98. The van der Waals surface area contributed by atoms with Crippen LogP contribution in [0.1, 0.15) is 23.7 Å². The van der Waals surface area contributed by atoms with E-state index in [1.807, 2.05) is 6.92 Å². The van der Waals surface area contributed by atoms with Crippen molar-refractivity contribution in [1.29, 1.82) is 0 Å². The zero-order valence-electron chi connectivity index (χ0n) is 15.8. The number of nitrogens with one attached hydrogen (secondary N) is 1. The number of thioether (sulfide) groups is 1. The first-order valence-corrected chi connectivity index (χ1v) is 10.6. The van der Waals surface area contributed by atoms with Gasteiger partial charge < -0.3 is 10.4 Å². The summed E-state index contributed by atoms with van der Waals surface area (Å²) >= 11 is 13.1. The van der Waals surface area contributed by atoms with Crippen LogP contribution in [0.2, 0.25) is 10.0 Å². The molecule has 0 saturated carbocycles. The van der Waals surface area contributed by atoms with Gasteiger partial charge in [0.25, 0.3) is 0 Å². The minimum absolute atomic E-state index is 0.0623. The molecule has 2 N–H and O–H groups in total. The van der Waals surface area contributed by atoms with Crippen LogP contribution in [0.15, 0.2) is 47.5 Å². The van der Waals surface area contributed by atoms with Crippen molar-refractivity contribution in [2.75, 3.05) is 11.9 Å². The molecule has 7 nitrogen and oxygen atoms in total. The summed E-state index contributed by atoms with van der Waals surface area (Å²) < 4.78 is 0. The van der Waals surface area contributed by atoms with Gasteiger partial charge in [-0.25, -0.2) is 9.79 Å². The predicted octanol–water partition coefficient (Wildman–Crippen LogP) is 4.67. The lowest BCUT2D eigenvalue weighted by atomic mass is 10.2. The van der Waals surface area contributed by atoms with E-state index in [1.165, 1.54) is 34.9 Å². The van der Waals surface area contributed by atoms with Crippen LogP contribution in [0, 0.1) is 0 Å². The number of amidine groups is 1. The smallest absolute Gasteiger partial charge is 0.335 e. The van der Waals surface area contributed by atoms with E-state index in [0.717, 1.165) is 0 Å². The van der Waals surface area contributed by atoms with E-state index in [0.29, 0.717) is 33.1 Å².